The Bertz CT molecular complexity index is 551. The van der Waals surface area contributed by atoms with Crippen LogP contribution in [-0.2, 0) is 19.2 Å². The second-order valence-electron chi connectivity index (χ2n) is 4.80. The Morgan fingerprint density at radius 3 is 2.74 bits per heavy atom. The summed E-state index contributed by atoms with van der Waals surface area (Å²) in [4.78, 5) is 0. The predicted octanol–water partition coefficient (Wildman–Crippen LogP) is 2.07. The van der Waals surface area contributed by atoms with E-state index in [4.69, 9.17) is 11.6 Å². The molecule has 0 fully saturated rings. The molecular formula is C14H18ClN3O. The highest BCUT2D eigenvalue weighted by molar-refractivity contribution is 6.31. The van der Waals surface area contributed by atoms with Crippen molar-refractivity contribution in [3.63, 3.8) is 0 Å². The van der Waals surface area contributed by atoms with Gasteiger partial charge in [0.15, 0.2) is 0 Å². The summed E-state index contributed by atoms with van der Waals surface area (Å²) in [5, 5.41) is 18.4. The molecule has 1 atom stereocenters. The molecule has 102 valence electrons. The number of halogens is 1. The molecule has 0 unspecified atom stereocenters. The molecule has 0 amide bonds. The first-order valence-electron chi connectivity index (χ1n) is 6.16. The smallest absolute Gasteiger partial charge is 0.101 e. The van der Waals surface area contributed by atoms with Crippen molar-refractivity contribution >= 4 is 11.6 Å². The quantitative estimate of drug-likeness (QED) is 0.881. The fraction of sp³-hybridized carbons (Fsp3) is 0.357. The van der Waals surface area contributed by atoms with Crippen molar-refractivity contribution in [2.24, 2.45) is 7.05 Å². The maximum absolute atomic E-state index is 10.5. The van der Waals surface area contributed by atoms with E-state index in [9.17, 15) is 5.11 Å². The van der Waals surface area contributed by atoms with E-state index in [2.05, 4.69) is 10.4 Å². The van der Waals surface area contributed by atoms with Crippen LogP contribution in [0, 0.1) is 0 Å². The summed E-state index contributed by atoms with van der Waals surface area (Å²) in [5.74, 6) is 0. The van der Waals surface area contributed by atoms with Crippen LogP contribution in [-0.4, -0.2) is 21.4 Å². The van der Waals surface area contributed by atoms with E-state index in [1.807, 2.05) is 31.3 Å². The summed E-state index contributed by atoms with van der Waals surface area (Å²) >= 11 is 6.11. The number of benzene rings is 1. The molecule has 0 aliphatic heterocycles. The Morgan fingerprint density at radius 2 is 2.11 bits per heavy atom. The van der Waals surface area contributed by atoms with Crippen LogP contribution in [0.3, 0.4) is 0 Å². The first-order valence-corrected chi connectivity index (χ1v) is 6.53. The van der Waals surface area contributed by atoms with E-state index in [0.29, 0.717) is 18.1 Å². The molecule has 5 heteroatoms. The highest BCUT2D eigenvalue weighted by atomic mass is 35.5. The predicted molar refractivity (Wildman–Crippen MR) is 75.9 cm³/mol. The average Bonchev–Trinajstić information content (AvgIpc) is 2.75. The van der Waals surface area contributed by atoms with Crippen molar-refractivity contribution < 1.29 is 5.11 Å². The van der Waals surface area contributed by atoms with Gasteiger partial charge in [0.2, 0.25) is 0 Å². The van der Waals surface area contributed by atoms with E-state index in [1.165, 1.54) is 0 Å². The van der Waals surface area contributed by atoms with Crippen LogP contribution < -0.4 is 5.32 Å². The van der Waals surface area contributed by atoms with Crippen molar-refractivity contribution in [1.29, 1.82) is 0 Å². The summed E-state index contributed by atoms with van der Waals surface area (Å²) in [6, 6.07) is 9.29. The highest BCUT2D eigenvalue weighted by Gasteiger charge is 2.24. The number of hydrogen-bond acceptors (Lipinski definition) is 3. The lowest BCUT2D eigenvalue weighted by Crippen LogP contribution is -2.35. The normalized spacial score (nSPS) is 14.3. The van der Waals surface area contributed by atoms with Crippen LogP contribution in [0.1, 0.15) is 18.2 Å². The molecule has 0 aliphatic carbocycles. The number of aryl methyl sites for hydroxylation is 1. The monoisotopic (exact) mass is 279 g/mol. The minimum absolute atomic E-state index is 0.419. The van der Waals surface area contributed by atoms with Gasteiger partial charge in [-0.05, 0) is 19.1 Å². The molecule has 1 heterocycles. The first-order chi connectivity index (χ1) is 9.00. The molecule has 0 saturated heterocycles. The molecule has 19 heavy (non-hydrogen) atoms. The molecule has 0 aliphatic rings. The lowest BCUT2D eigenvalue weighted by Gasteiger charge is -2.25. The lowest BCUT2D eigenvalue weighted by molar-refractivity contribution is 0.0566. The van der Waals surface area contributed by atoms with Crippen LogP contribution >= 0.6 is 11.6 Å². The molecule has 1 aromatic carbocycles. The number of aromatic nitrogens is 2. The average molecular weight is 280 g/mol. The van der Waals surface area contributed by atoms with Gasteiger partial charge in [0.05, 0.1) is 5.69 Å². The Morgan fingerprint density at radius 1 is 1.37 bits per heavy atom. The number of nitrogens with zero attached hydrogens (tertiary/aromatic N) is 2. The Labute approximate surface area is 118 Å². The van der Waals surface area contributed by atoms with Crippen molar-refractivity contribution in [1.82, 2.24) is 15.1 Å². The highest BCUT2D eigenvalue weighted by Crippen LogP contribution is 2.27. The third-order valence-corrected chi connectivity index (χ3v) is 3.48. The summed E-state index contributed by atoms with van der Waals surface area (Å²) in [6.07, 6.45) is 1.75. The maximum atomic E-state index is 10.5. The van der Waals surface area contributed by atoms with Gasteiger partial charge in [0.25, 0.3) is 0 Å². The molecule has 0 bridgehead atoms. The molecule has 2 rings (SSSR count). The molecule has 0 radical (unpaired) electrons. The van der Waals surface area contributed by atoms with E-state index in [0.717, 1.165) is 11.3 Å². The van der Waals surface area contributed by atoms with Crippen molar-refractivity contribution in [2.75, 3.05) is 6.54 Å². The number of nitrogens with one attached hydrogen (secondary N) is 1. The summed E-state index contributed by atoms with van der Waals surface area (Å²) in [5.41, 5.74) is 0.792. The maximum Gasteiger partial charge on any atom is 0.101 e. The molecular weight excluding hydrogens is 262 g/mol. The SMILES string of the molecule is Cn1nccc1CNC[C@](C)(O)c1ccccc1Cl. The zero-order chi connectivity index (χ0) is 13.9. The topological polar surface area (TPSA) is 50.1 Å². The molecule has 2 aromatic rings. The molecule has 1 aromatic heterocycles. The van der Waals surface area contributed by atoms with Gasteiger partial charge in [-0.15, -0.1) is 0 Å². The van der Waals surface area contributed by atoms with Crippen molar-refractivity contribution in [3.05, 3.63) is 52.8 Å². The Kier molecular flexibility index (Phi) is 4.24. The van der Waals surface area contributed by atoms with E-state index < -0.39 is 5.60 Å². The number of aliphatic hydroxyl groups is 1. The molecule has 4 nitrogen and oxygen atoms in total. The minimum atomic E-state index is -1.00. The van der Waals surface area contributed by atoms with Crippen molar-refractivity contribution in [3.8, 4) is 0 Å². The van der Waals surface area contributed by atoms with Crippen LogP contribution in [0.4, 0.5) is 0 Å². The third-order valence-electron chi connectivity index (χ3n) is 3.15. The zero-order valence-corrected chi connectivity index (χ0v) is 11.9. The first kappa shape index (κ1) is 14.1. The van der Waals surface area contributed by atoms with E-state index >= 15 is 0 Å². The van der Waals surface area contributed by atoms with Gasteiger partial charge in [0.1, 0.15) is 5.60 Å². The van der Waals surface area contributed by atoms with Gasteiger partial charge < -0.3 is 10.4 Å². The van der Waals surface area contributed by atoms with Crippen LogP contribution in [0.5, 0.6) is 0 Å². The largest absolute Gasteiger partial charge is 0.384 e. The van der Waals surface area contributed by atoms with E-state index in [-0.39, 0.29) is 0 Å². The van der Waals surface area contributed by atoms with Crippen molar-refractivity contribution in [2.45, 2.75) is 19.1 Å². The van der Waals surface area contributed by atoms with E-state index in [1.54, 1.807) is 23.9 Å². The van der Waals surface area contributed by atoms with Gasteiger partial charge >= 0.3 is 0 Å². The summed E-state index contributed by atoms with van der Waals surface area (Å²) < 4.78 is 1.80. The van der Waals surface area contributed by atoms with Gasteiger partial charge in [-0.25, -0.2) is 0 Å². The standard InChI is InChI=1S/C14H18ClN3O/c1-14(19,12-5-3-4-6-13(12)15)10-16-9-11-7-8-17-18(11)2/h3-8,16,19H,9-10H2,1-2H3/t14-/m0/s1. The minimum Gasteiger partial charge on any atom is -0.384 e. The Balaban J connectivity index is 1.98. The van der Waals surface area contributed by atoms with Gasteiger partial charge in [-0.3, -0.25) is 4.68 Å². The van der Waals surface area contributed by atoms with Crippen LogP contribution in [0.2, 0.25) is 5.02 Å². The van der Waals surface area contributed by atoms with Gasteiger partial charge in [-0.2, -0.15) is 5.10 Å². The molecule has 2 N–H and O–H groups in total. The summed E-state index contributed by atoms with van der Waals surface area (Å²) in [6.45, 7) is 2.82. The molecule has 0 saturated carbocycles. The number of hydrogen-bond donors (Lipinski definition) is 2. The lowest BCUT2D eigenvalue weighted by atomic mass is 9.96. The van der Waals surface area contributed by atoms with Gasteiger partial charge in [0, 0.05) is 36.9 Å². The fourth-order valence-electron chi connectivity index (χ4n) is 2.00. The zero-order valence-electron chi connectivity index (χ0n) is 11.1. The second kappa shape index (κ2) is 5.74. The van der Waals surface area contributed by atoms with Gasteiger partial charge in [-0.1, -0.05) is 29.8 Å². The molecule has 0 spiro atoms. The Hall–Kier alpha value is -1.36. The fourth-order valence-corrected chi connectivity index (χ4v) is 2.34. The number of rotatable bonds is 5. The summed E-state index contributed by atoms with van der Waals surface area (Å²) in [7, 11) is 1.89. The van der Waals surface area contributed by atoms with Crippen LogP contribution in [0.25, 0.3) is 0 Å². The second-order valence-corrected chi connectivity index (χ2v) is 5.21. The third kappa shape index (κ3) is 3.35. The van der Waals surface area contributed by atoms with Crippen LogP contribution in [0.15, 0.2) is 36.5 Å².